The summed E-state index contributed by atoms with van der Waals surface area (Å²) in [4.78, 5) is 5.47. The van der Waals surface area contributed by atoms with Crippen LogP contribution in [-0.4, -0.2) is 10.3 Å². The molecule has 0 radical (unpaired) electrons. The average molecular weight is 746 g/mol. The van der Waals surface area contributed by atoms with Crippen LogP contribution in [0.4, 0.5) is 0 Å². The summed E-state index contributed by atoms with van der Waals surface area (Å²) >= 11 is 0. The van der Waals surface area contributed by atoms with Gasteiger partial charge >= 0.3 is 0 Å². The van der Waals surface area contributed by atoms with Gasteiger partial charge in [-0.25, -0.2) is 4.99 Å². The fraction of sp³-hybridized carbons (Fsp3) is 0.111. The summed E-state index contributed by atoms with van der Waals surface area (Å²) in [5.41, 5.74) is 17.4. The Kier molecular flexibility index (Phi) is 7.58. The summed E-state index contributed by atoms with van der Waals surface area (Å²) in [6, 6.07) is 58.3. The molecule has 2 aromatic heterocycles. The van der Waals surface area contributed by atoms with E-state index in [1.807, 2.05) is 48.5 Å². The maximum absolute atomic E-state index is 11.1. The van der Waals surface area contributed by atoms with Crippen molar-refractivity contribution in [3.8, 4) is 22.9 Å². The number of hydrogen-bond donors (Lipinski definition) is 0. The predicted octanol–water partition coefficient (Wildman–Crippen LogP) is 14.0. The Morgan fingerprint density at radius 3 is 2.14 bits per heavy atom. The van der Waals surface area contributed by atoms with Crippen molar-refractivity contribution in [3.63, 3.8) is 0 Å². The van der Waals surface area contributed by atoms with Crippen LogP contribution in [0, 0.1) is 11.3 Å². The van der Waals surface area contributed by atoms with E-state index in [-0.39, 0.29) is 5.41 Å². The summed E-state index contributed by atoms with van der Waals surface area (Å²) in [7, 11) is 0. The van der Waals surface area contributed by atoms with Crippen molar-refractivity contribution in [2.45, 2.75) is 39.0 Å². The molecule has 1 aliphatic heterocycles. The minimum Gasteiger partial charge on any atom is -0.456 e. The molecule has 2 aliphatic rings. The maximum Gasteiger partial charge on any atom is 0.137 e. The topological polar surface area (TPSA) is 54.2 Å². The van der Waals surface area contributed by atoms with Crippen molar-refractivity contribution < 1.29 is 4.42 Å². The summed E-state index contributed by atoms with van der Waals surface area (Å²) in [5, 5.41) is 15.4. The Balaban J connectivity index is 1.14. The molecule has 7 aromatic carbocycles. The van der Waals surface area contributed by atoms with E-state index in [0.717, 1.165) is 73.9 Å². The van der Waals surface area contributed by atoms with Gasteiger partial charge in [-0.05, 0) is 95.1 Å². The fourth-order valence-electron chi connectivity index (χ4n) is 9.70. The first kappa shape index (κ1) is 34.1. The van der Waals surface area contributed by atoms with Crippen molar-refractivity contribution in [3.05, 3.63) is 197 Å². The zero-order chi connectivity index (χ0) is 39.1. The molecule has 1 aliphatic carbocycles. The highest BCUT2D eigenvalue weighted by molar-refractivity contribution is 6.28. The fourth-order valence-corrected chi connectivity index (χ4v) is 9.70. The van der Waals surface area contributed by atoms with E-state index in [2.05, 4.69) is 141 Å². The average Bonchev–Trinajstić information content (AvgIpc) is 3.87. The normalized spacial score (nSPS) is 18.5. The molecule has 9 aromatic rings. The number of nitrogens with zero attached hydrogens (tertiary/aromatic N) is 3. The lowest BCUT2D eigenvalue weighted by molar-refractivity contribution is 0.661. The van der Waals surface area contributed by atoms with Gasteiger partial charge in [0.15, 0.2) is 0 Å². The first-order valence-electron chi connectivity index (χ1n) is 20.1. The monoisotopic (exact) mass is 745 g/mol. The number of hydrogen-bond acceptors (Lipinski definition) is 3. The molecule has 0 spiro atoms. The molecule has 276 valence electrons. The van der Waals surface area contributed by atoms with Crippen LogP contribution in [0.5, 0.6) is 0 Å². The van der Waals surface area contributed by atoms with Crippen molar-refractivity contribution in [1.29, 1.82) is 5.26 Å². The van der Waals surface area contributed by atoms with Gasteiger partial charge in [0.2, 0.25) is 0 Å². The summed E-state index contributed by atoms with van der Waals surface area (Å²) in [5.74, 6) is 0. The van der Waals surface area contributed by atoms with E-state index in [9.17, 15) is 5.26 Å². The first-order valence-corrected chi connectivity index (χ1v) is 20.1. The summed E-state index contributed by atoms with van der Waals surface area (Å²) in [6.45, 7) is 6.84. The van der Waals surface area contributed by atoms with E-state index < -0.39 is 0 Å². The molecule has 0 bridgehead atoms. The molecule has 3 heterocycles. The standard InChI is InChI=1S/C54H39N3O/c1-33-25-27-37(34-15-6-4-7-16-34)44(32-55)53(56-52(33)35-17-8-5-9-18-35)41-21-14-24-49-51(41)40-28-26-36(29-50(40)58-49)57-47-23-13-11-20-39(47)43-30-42-38-19-10-12-22-45(38)54(2,3)46(42)31-48(43)57/h4-24,26,28-31H,25,27H2,1-3H3/b44-37+,52-33-,56-53+. The van der Waals surface area contributed by atoms with Crippen LogP contribution in [0.1, 0.15) is 61.4 Å². The van der Waals surface area contributed by atoms with Gasteiger partial charge in [0.1, 0.15) is 17.2 Å². The highest BCUT2D eigenvalue weighted by Gasteiger charge is 2.36. The molecule has 11 rings (SSSR count). The highest BCUT2D eigenvalue weighted by atomic mass is 16.3. The van der Waals surface area contributed by atoms with Crippen LogP contribution < -0.4 is 0 Å². The van der Waals surface area contributed by atoms with Gasteiger partial charge in [-0.2, -0.15) is 5.26 Å². The molecule has 0 saturated carbocycles. The van der Waals surface area contributed by atoms with Crippen LogP contribution in [0.25, 0.3) is 71.8 Å². The number of benzene rings is 7. The number of nitriles is 1. The van der Waals surface area contributed by atoms with E-state index in [1.54, 1.807) is 0 Å². The maximum atomic E-state index is 11.1. The molecule has 0 saturated heterocycles. The van der Waals surface area contributed by atoms with Crippen molar-refractivity contribution >= 4 is 60.7 Å². The lowest BCUT2D eigenvalue weighted by atomic mass is 9.82. The van der Waals surface area contributed by atoms with Crippen molar-refractivity contribution in [2.24, 2.45) is 4.99 Å². The molecular formula is C54H39N3O. The van der Waals surface area contributed by atoms with E-state index in [1.165, 1.54) is 44.1 Å². The van der Waals surface area contributed by atoms with Crippen molar-refractivity contribution in [1.82, 2.24) is 4.57 Å². The predicted molar refractivity (Wildman–Crippen MR) is 239 cm³/mol. The minimum atomic E-state index is -0.120. The second-order valence-electron chi connectivity index (χ2n) is 16.2. The van der Waals surface area contributed by atoms with Crippen molar-refractivity contribution in [2.75, 3.05) is 0 Å². The zero-order valence-corrected chi connectivity index (χ0v) is 32.7. The second kappa shape index (κ2) is 12.9. The van der Waals surface area contributed by atoms with Gasteiger partial charge in [-0.15, -0.1) is 0 Å². The number of rotatable bonds is 4. The third-order valence-corrected chi connectivity index (χ3v) is 12.6. The van der Waals surface area contributed by atoms with Crippen LogP contribution in [0.2, 0.25) is 0 Å². The van der Waals surface area contributed by atoms with Gasteiger partial charge in [-0.3, -0.25) is 0 Å². The lowest BCUT2D eigenvalue weighted by Gasteiger charge is -2.21. The van der Waals surface area contributed by atoms with Gasteiger partial charge in [0.25, 0.3) is 0 Å². The van der Waals surface area contributed by atoms with E-state index >= 15 is 0 Å². The molecule has 0 N–H and O–H groups in total. The third-order valence-electron chi connectivity index (χ3n) is 12.6. The van der Waals surface area contributed by atoms with Crippen LogP contribution >= 0.6 is 0 Å². The molecular weight excluding hydrogens is 707 g/mol. The third kappa shape index (κ3) is 5.03. The molecule has 0 amide bonds. The van der Waals surface area contributed by atoms with Crippen LogP contribution in [0.3, 0.4) is 0 Å². The van der Waals surface area contributed by atoms with Crippen LogP contribution in [-0.2, 0) is 5.41 Å². The second-order valence-corrected chi connectivity index (χ2v) is 16.2. The van der Waals surface area contributed by atoms with E-state index in [0.29, 0.717) is 11.3 Å². The Bertz CT molecular complexity index is 3310. The number of para-hydroxylation sites is 1. The Morgan fingerprint density at radius 2 is 1.33 bits per heavy atom. The highest BCUT2D eigenvalue weighted by Crippen LogP contribution is 2.51. The largest absolute Gasteiger partial charge is 0.456 e. The van der Waals surface area contributed by atoms with Gasteiger partial charge in [0.05, 0.1) is 28.0 Å². The zero-order valence-electron chi connectivity index (χ0n) is 32.7. The molecule has 0 atom stereocenters. The first-order chi connectivity index (χ1) is 28.4. The minimum absolute atomic E-state index is 0.120. The van der Waals surface area contributed by atoms with Gasteiger partial charge in [0, 0.05) is 49.8 Å². The number of aromatic nitrogens is 1. The number of furan rings is 1. The Labute approximate surface area is 337 Å². The lowest BCUT2D eigenvalue weighted by Crippen LogP contribution is -2.14. The van der Waals surface area contributed by atoms with E-state index in [4.69, 9.17) is 9.41 Å². The molecule has 0 fully saturated rings. The summed E-state index contributed by atoms with van der Waals surface area (Å²) < 4.78 is 9.17. The number of fused-ring (bicyclic) bond motifs is 9. The van der Waals surface area contributed by atoms with Gasteiger partial charge in [-0.1, -0.05) is 129 Å². The summed E-state index contributed by atoms with van der Waals surface area (Å²) in [6.07, 6.45) is 1.53. The quantitative estimate of drug-likeness (QED) is 0.180. The Morgan fingerprint density at radius 1 is 0.603 bits per heavy atom. The Hall–Kier alpha value is -7.22. The molecule has 58 heavy (non-hydrogen) atoms. The molecule has 0 unspecified atom stereocenters. The van der Waals surface area contributed by atoms with Crippen LogP contribution in [0.15, 0.2) is 178 Å². The number of allylic oxidation sites excluding steroid dienone is 3. The van der Waals surface area contributed by atoms with Gasteiger partial charge < -0.3 is 8.98 Å². The number of aliphatic imine (C=N–C) groups is 1. The molecule has 4 nitrogen and oxygen atoms in total. The smallest absolute Gasteiger partial charge is 0.137 e. The molecule has 4 heteroatoms. The SMILES string of the molecule is C/C1=C(c2ccccc2)/N=C(c2cccc3oc4cc(-n5c6ccccc6c6cc7c(cc65)C(C)(C)c5ccccc5-7)ccc4c23)/C(C#N)=C(/c2ccccc2)CC1.